The number of carbonyl (C=O) groups excluding carboxylic acids is 1. The number of H-pyrrole nitrogens is 1. The normalized spacial score (nSPS) is 16.6. The number of hydrogen-bond donors (Lipinski definition) is 2. The van der Waals surface area contributed by atoms with Crippen molar-refractivity contribution in [3.63, 3.8) is 0 Å². The Balaban J connectivity index is 1.62. The van der Waals surface area contributed by atoms with Crippen LogP contribution in [0.5, 0.6) is 0 Å². The van der Waals surface area contributed by atoms with Crippen LogP contribution in [0, 0.1) is 0 Å². The molecule has 2 rings (SSSR count). The van der Waals surface area contributed by atoms with Crippen LogP contribution in [-0.2, 0) is 11.2 Å². The van der Waals surface area contributed by atoms with Gasteiger partial charge in [-0.2, -0.15) is 5.10 Å². The molecule has 7 heteroatoms. The van der Waals surface area contributed by atoms with E-state index >= 15 is 0 Å². The van der Waals surface area contributed by atoms with Gasteiger partial charge in [0.05, 0.1) is 6.61 Å². The van der Waals surface area contributed by atoms with Crippen LogP contribution in [0.15, 0.2) is 6.33 Å². The summed E-state index contributed by atoms with van der Waals surface area (Å²) >= 11 is 0. The number of nitrogens with zero attached hydrogens (tertiary/aromatic N) is 3. The predicted octanol–water partition coefficient (Wildman–Crippen LogP) is 0.558. The van der Waals surface area contributed by atoms with Gasteiger partial charge in [-0.15, -0.1) is 0 Å². The van der Waals surface area contributed by atoms with Crippen LogP contribution in [0.4, 0.5) is 4.79 Å². The van der Waals surface area contributed by atoms with Crippen molar-refractivity contribution in [2.24, 2.45) is 0 Å². The molecule has 0 radical (unpaired) electrons. The number of ether oxygens (including phenoxy) is 1. The fourth-order valence-corrected chi connectivity index (χ4v) is 2.23. The van der Waals surface area contributed by atoms with Crippen molar-refractivity contribution in [1.29, 1.82) is 0 Å². The summed E-state index contributed by atoms with van der Waals surface area (Å²) in [5.74, 6) is 0.899. The molecule has 1 saturated heterocycles. The Bertz CT molecular complexity index is 373. The zero-order valence-corrected chi connectivity index (χ0v) is 11.3. The van der Waals surface area contributed by atoms with Crippen LogP contribution >= 0.6 is 0 Å². The lowest BCUT2D eigenvalue weighted by atomic mass is 10.1. The summed E-state index contributed by atoms with van der Waals surface area (Å²) in [6.07, 6.45) is 4.11. The number of aromatic amines is 1. The average Bonchev–Trinajstić information content (AvgIpc) is 2.93. The summed E-state index contributed by atoms with van der Waals surface area (Å²) in [4.78, 5) is 17.4. The minimum Gasteiger partial charge on any atom is -0.450 e. The van der Waals surface area contributed by atoms with Crippen LogP contribution in [0.3, 0.4) is 0 Å². The Morgan fingerprint density at radius 1 is 1.58 bits per heavy atom. The fourth-order valence-electron chi connectivity index (χ4n) is 2.23. The minimum atomic E-state index is -0.192. The van der Waals surface area contributed by atoms with Crippen molar-refractivity contribution in [2.75, 3.05) is 26.2 Å². The lowest BCUT2D eigenvalue weighted by molar-refractivity contribution is 0.0952. The first kappa shape index (κ1) is 13.8. The molecule has 0 spiro atoms. The van der Waals surface area contributed by atoms with Gasteiger partial charge in [0.1, 0.15) is 12.2 Å². The molecular formula is C12H21N5O2. The van der Waals surface area contributed by atoms with Gasteiger partial charge in [-0.25, -0.2) is 9.78 Å². The van der Waals surface area contributed by atoms with E-state index in [0.29, 0.717) is 12.6 Å². The maximum absolute atomic E-state index is 11.5. The average molecular weight is 267 g/mol. The molecule has 0 aromatic carbocycles. The van der Waals surface area contributed by atoms with E-state index in [4.69, 9.17) is 4.74 Å². The van der Waals surface area contributed by atoms with Gasteiger partial charge in [0.15, 0.2) is 0 Å². The van der Waals surface area contributed by atoms with E-state index in [2.05, 4.69) is 20.5 Å². The first-order valence-electron chi connectivity index (χ1n) is 6.79. The van der Waals surface area contributed by atoms with Gasteiger partial charge >= 0.3 is 6.09 Å². The number of hydrogen-bond acceptors (Lipinski definition) is 5. The van der Waals surface area contributed by atoms with E-state index in [0.717, 1.165) is 44.7 Å². The van der Waals surface area contributed by atoms with E-state index in [1.54, 1.807) is 4.90 Å². The third-order valence-corrected chi connectivity index (χ3v) is 3.28. The summed E-state index contributed by atoms with van der Waals surface area (Å²) < 4.78 is 4.99. The number of likely N-dealkylation sites (tertiary alicyclic amines) is 1. The smallest absolute Gasteiger partial charge is 0.409 e. The van der Waals surface area contributed by atoms with Crippen LogP contribution in [0.25, 0.3) is 0 Å². The first-order chi connectivity index (χ1) is 9.29. The Labute approximate surface area is 112 Å². The van der Waals surface area contributed by atoms with E-state index < -0.39 is 0 Å². The maximum Gasteiger partial charge on any atom is 0.409 e. The Hall–Kier alpha value is -1.63. The molecule has 1 amide bonds. The van der Waals surface area contributed by atoms with Crippen molar-refractivity contribution < 1.29 is 9.53 Å². The fraction of sp³-hybridized carbons (Fsp3) is 0.750. The molecule has 0 aliphatic carbocycles. The second-order valence-corrected chi connectivity index (χ2v) is 4.60. The van der Waals surface area contributed by atoms with Crippen molar-refractivity contribution >= 4 is 6.09 Å². The zero-order chi connectivity index (χ0) is 13.5. The van der Waals surface area contributed by atoms with E-state index in [1.807, 2.05) is 6.92 Å². The number of rotatable bonds is 5. The predicted molar refractivity (Wildman–Crippen MR) is 69.7 cm³/mol. The number of piperidine rings is 1. The van der Waals surface area contributed by atoms with Crippen molar-refractivity contribution in [2.45, 2.75) is 32.2 Å². The molecular weight excluding hydrogens is 246 g/mol. The topological polar surface area (TPSA) is 83.1 Å². The van der Waals surface area contributed by atoms with Crippen molar-refractivity contribution in [3.8, 4) is 0 Å². The second-order valence-electron chi connectivity index (χ2n) is 4.60. The van der Waals surface area contributed by atoms with Gasteiger partial charge in [0, 0.05) is 32.1 Å². The Morgan fingerprint density at radius 2 is 2.37 bits per heavy atom. The molecule has 0 saturated carbocycles. The van der Waals surface area contributed by atoms with E-state index in [9.17, 15) is 4.79 Å². The minimum absolute atomic E-state index is 0.192. The third-order valence-electron chi connectivity index (χ3n) is 3.28. The number of nitrogens with one attached hydrogen (secondary N) is 2. The molecule has 1 aromatic heterocycles. The molecule has 2 N–H and O–H groups in total. The number of carbonyl (C=O) groups is 1. The molecule has 2 heterocycles. The van der Waals surface area contributed by atoms with Crippen molar-refractivity contribution in [1.82, 2.24) is 25.4 Å². The van der Waals surface area contributed by atoms with E-state index in [1.165, 1.54) is 6.33 Å². The van der Waals surface area contributed by atoms with Crippen LogP contribution in [0.2, 0.25) is 0 Å². The summed E-state index contributed by atoms with van der Waals surface area (Å²) in [5, 5.41) is 10.1. The molecule has 0 bridgehead atoms. The molecule has 1 fully saturated rings. The summed E-state index contributed by atoms with van der Waals surface area (Å²) in [7, 11) is 0. The van der Waals surface area contributed by atoms with Gasteiger partial charge < -0.3 is 15.0 Å². The first-order valence-corrected chi connectivity index (χ1v) is 6.79. The highest BCUT2D eigenvalue weighted by molar-refractivity contribution is 5.67. The summed E-state index contributed by atoms with van der Waals surface area (Å²) in [6.45, 7) is 4.67. The zero-order valence-electron chi connectivity index (χ0n) is 11.3. The van der Waals surface area contributed by atoms with Crippen LogP contribution in [-0.4, -0.2) is 58.5 Å². The van der Waals surface area contributed by atoms with Crippen LogP contribution in [0.1, 0.15) is 25.6 Å². The Morgan fingerprint density at radius 3 is 3.00 bits per heavy atom. The SMILES string of the molecule is CCOC(=O)N1CCC(NCCc2ncn[nH]2)CC1. The molecule has 7 nitrogen and oxygen atoms in total. The number of amides is 1. The summed E-state index contributed by atoms with van der Waals surface area (Å²) in [6, 6.07) is 0.466. The molecule has 0 unspecified atom stereocenters. The maximum atomic E-state index is 11.5. The van der Waals surface area contributed by atoms with Gasteiger partial charge in [-0.3, -0.25) is 5.10 Å². The van der Waals surface area contributed by atoms with Gasteiger partial charge in [-0.05, 0) is 19.8 Å². The van der Waals surface area contributed by atoms with Gasteiger partial charge in [-0.1, -0.05) is 0 Å². The van der Waals surface area contributed by atoms with E-state index in [-0.39, 0.29) is 6.09 Å². The third kappa shape index (κ3) is 4.20. The highest BCUT2D eigenvalue weighted by Crippen LogP contribution is 2.11. The van der Waals surface area contributed by atoms with Crippen molar-refractivity contribution in [3.05, 3.63) is 12.2 Å². The monoisotopic (exact) mass is 267 g/mol. The quantitative estimate of drug-likeness (QED) is 0.814. The van der Waals surface area contributed by atoms with Gasteiger partial charge in [0.2, 0.25) is 0 Å². The highest BCUT2D eigenvalue weighted by atomic mass is 16.6. The molecule has 19 heavy (non-hydrogen) atoms. The molecule has 106 valence electrons. The molecule has 1 aliphatic heterocycles. The second kappa shape index (κ2) is 7.08. The summed E-state index contributed by atoms with van der Waals surface area (Å²) in [5.41, 5.74) is 0. The van der Waals surface area contributed by atoms with Crippen LogP contribution < -0.4 is 5.32 Å². The number of aromatic nitrogens is 3. The molecule has 1 aromatic rings. The lowest BCUT2D eigenvalue weighted by Gasteiger charge is -2.31. The standard InChI is InChI=1S/C12H21N5O2/c1-2-19-12(18)17-7-4-10(5-8-17)13-6-3-11-14-9-15-16-11/h9-10,13H,2-8H2,1H3,(H,14,15,16). The molecule has 1 aliphatic rings. The lowest BCUT2D eigenvalue weighted by Crippen LogP contribution is -2.45. The molecule has 0 atom stereocenters. The largest absolute Gasteiger partial charge is 0.450 e. The van der Waals surface area contributed by atoms with Gasteiger partial charge in [0.25, 0.3) is 0 Å². The highest BCUT2D eigenvalue weighted by Gasteiger charge is 2.22. The Kier molecular flexibility index (Phi) is 5.14.